The smallest absolute Gasteiger partial charge is 0.261 e. The number of ether oxygens (including phenoxy) is 2. The van der Waals surface area contributed by atoms with E-state index in [-0.39, 0.29) is 41.7 Å². The van der Waals surface area contributed by atoms with Crippen molar-refractivity contribution in [2.45, 2.75) is 49.0 Å². The molecule has 0 saturated heterocycles. The molecule has 0 spiro atoms. The third-order valence-corrected chi connectivity index (χ3v) is 7.24. The second-order valence-corrected chi connectivity index (χ2v) is 10.1. The lowest BCUT2D eigenvalue weighted by atomic mass is 9.44. The molecule has 4 N–H and O–H groups in total. The van der Waals surface area contributed by atoms with Crippen LogP contribution in [0.5, 0.6) is 11.5 Å². The molecule has 3 aliphatic carbocycles. The topological polar surface area (TPSA) is 126 Å². The summed E-state index contributed by atoms with van der Waals surface area (Å²) in [7, 11) is 0. The summed E-state index contributed by atoms with van der Waals surface area (Å²) in [5, 5.41) is 23.7. The highest BCUT2D eigenvalue weighted by molar-refractivity contribution is 6.30. The highest BCUT2D eigenvalue weighted by atomic mass is 35.5. The van der Waals surface area contributed by atoms with Crippen LogP contribution in [-0.2, 0) is 9.59 Å². The fourth-order valence-corrected chi connectivity index (χ4v) is 5.70. The second kappa shape index (κ2) is 7.82. The molecule has 0 unspecified atom stereocenters. The third-order valence-electron chi connectivity index (χ3n) is 7.00. The number of aliphatic hydroxyl groups is 1. The maximum atomic E-state index is 14.0. The molecule has 35 heavy (non-hydrogen) atoms. The van der Waals surface area contributed by atoms with Gasteiger partial charge in [0.25, 0.3) is 11.8 Å². The van der Waals surface area contributed by atoms with E-state index in [0.717, 1.165) is 0 Å². The number of nitrogens with one attached hydrogen (secondary N) is 3. The predicted molar refractivity (Wildman–Crippen MR) is 123 cm³/mol. The number of hydrogen-bond donors (Lipinski definition) is 4. The lowest BCUT2D eigenvalue weighted by Crippen LogP contribution is -2.84. The molecule has 2 amide bonds. The van der Waals surface area contributed by atoms with Gasteiger partial charge in [-0.1, -0.05) is 11.6 Å². The van der Waals surface area contributed by atoms with Gasteiger partial charge in [0, 0.05) is 40.2 Å². The normalized spacial score (nSPS) is 28.2. The minimum absolute atomic E-state index is 0.138. The van der Waals surface area contributed by atoms with Crippen molar-refractivity contribution in [3.8, 4) is 11.5 Å². The zero-order valence-corrected chi connectivity index (χ0v) is 19.2. The summed E-state index contributed by atoms with van der Waals surface area (Å²) in [6.07, 6.45) is 1.69. The van der Waals surface area contributed by atoms with Crippen LogP contribution >= 0.6 is 11.6 Å². The predicted octanol–water partition coefficient (Wildman–Crippen LogP) is 2.53. The molecule has 4 aliphatic rings. The Morgan fingerprint density at radius 1 is 1.23 bits per heavy atom. The number of benzene rings is 2. The summed E-state index contributed by atoms with van der Waals surface area (Å²) in [4.78, 5) is 25.2. The van der Waals surface area contributed by atoms with Crippen LogP contribution in [-0.4, -0.2) is 50.9 Å². The lowest BCUT2D eigenvalue weighted by Gasteiger charge is -2.70. The van der Waals surface area contributed by atoms with Gasteiger partial charge in [0.2, 0.25) is 0 Å². The van der Waals surface area contributed by atoms with Crippen LogP contribution in [0.4, 0.5) is 4.39 Å². The van der Waals surface area contributed by atoms with Crippen molar-refractivity contribution in [2.24, 2.45) is 0 Å². The van der Waals surface area contributed by atoms with Crippen LogP contribution in [0.15, 0.2) is 36.5 Å². The van der Waals surface area contributed by atoms with E-state index in [1.807, 2.05) is 0 Å². The molecular weight excluding hydrogens is 479 g/mol. The highest BCUT2D eigenvalue weighted by Crippen LogP contribution is 2.60. The first kappa shape index (κ1) is 22.1. The van der Waals surface area contributed by atoms with E-state index in [0.29, 0.717) is 46.5 Å². The summed E-state index contributed by atoms with van der Waals surface area (Å²) >= 11 is 5.98. The number of H-pyrrole nitrogens is 1. The monoisotopic (exact) mass is 500 g/mol. The summed E-state index contributed by atoms with van der Waals surface area (Å²) < 4.78 is 25.3. The zero-order valence-electron chi connectivity index (χ0n) is 18.4. The molecule has 11 heteroatoms. The number of amides is 2. The number of aliphatic hydroxyl groups excluding tert-OH is 1. The Bertz CT molecular complexity index is 1340. The van der Waals surface area contributed by atoms with E-state index < -0.39 is 18.0 Å². The van der Waals surface area contributed by atoms with Gasteiger partial charge < -0.3 is 25.2 Å². The van der Waals surface area contributed by atoms with Crippen molar-refractivity contribution in [1.29, 1.82) is 0 Å². The van der Waals surface area contributed by atoms with E-state index in [4.69, 9.17) is 21.1 Å². The highest BCUT2D eigenvalue weighted by Gasteiger charge is 2.69. The van der Waals surface area contributed by atoms with E-state index >= 15 is 0 Å². The van der Waals surface area contributed by atoms with Crippen molar-refractivity contribution in [3.63, 3.8) is 0 Å². The van der Waals surface area contributed by atoms with E-state index in [1.165, 1.54) is 12.3 Å². The van der Waals surface area contributed by atoms with Gasteiger partial charge in [0.05, 0.1) is 23.2 Å². The molecule has 3 aromatic rings. The number of halogens is 2. The maximum Gasteiger partial charge on any atom is 0.261 e. The van der Waals surface area contributed by atoms with E-state index in [9.17, 15) is 19.1 Å². The Morgan fingerprint density at radius 3 is 2.80 bits per heavy atom. The van der Waals surface area contributed by atoms with Gasteiger partial charge in [-0.05, 0) is 37.5 Å². The summed E-state index contributed by atoms with van der Waals surface area (Å²) in [6.45, 7) is -0.253. The number of nitrogens with zero attached hydrogens (tertiary/aromatic N) is 1. The molecule has 182 valence electrons. The first-order valence-corrected chi connectivity index (χ1v) is 11.6. The van der Waals surface area contributed by atoms with Gasteiger partial charge in [-0.15, -0.1) is 0 Å². The average Bonchev–Trinajstić information content (AvgIpc) is 3.25. The molecule has 2 aromatic carbocycles. The minimum atomic E-state index is -0.839. The Labute approximate surface area is 203 Å². The van der Waals surface area contributed by atoms with Crippen LogP contribution in [0.25, 0.3) is 10.9 Å². The summed E-state index contributed by atoms with van der Waals surface area (Å²) in [5.41, 5.74) is 0.305. The van der Waals surface area contributed by atoms with E-state index in [2.05, 4.69) is 20.8 Å². The van der Waals surface area contributed by atoms with Crippen molar-refractivity contribution >= 4 is 34.3 Å². The molecule has 3 saturated carbocycles. The summed E-state index contributed by atoms with van der Waals surface area (Å²) in [6, 6.07) is 7.74. The number of aromatic amines is 1. The maximum absolute atomic E-state index is 14.0. The SMILES string of the molecule is O=C(COc1cc(F)c2cn[nH]c2c1)NC12CC(NC(=O)[C@H]3C[C@@H](O)c4cc(Cl)ccc4O3)(C1)C2. The van der Waals surface area contributed by atoms with Gasteiger partial charge >= 0.3 is 0 Å². The van der Waals surface area contributed by atoms with Crippen molar-refractivity contribution in [1.82, 2.24) is 20.8 Å². The molecule has 2 heterocycles. The van der Waals surface area contributed by atoms with Gasteiger partial charge in [-0.25, -0.2) is 4.39 Å². The average molecular weight is 501 g/mol. The number of carbonyl (C=O) groups excluding carboxylic acids is 2. The molecule has 1 aliphatic heterocycles. The standard InChI is InChI=1S/C24H22ClFN4O5/c25-12-1-2-19-14(3-12)18(31)6-20(35-19)22(33)29-24-9-23(10-24,11-24)28-21(32)8-34-13-4-16(26)15-7-27-30-17(15)5-13/h1-5,7,18,20,31H,6,8-11H2,(H,27,30)(H,28,32)(H,29,33)/t18-,20-,23?,24?/m1/s1. The first-order valence-electron chi connectivity index (χ1n) is 11.3. The van der Waals surface area contributed by atoms with Gasteiger partial charge in [-0.2, -0.15) is 5.10 Å². The fraction of sp³-hybridized carbons (Fsp3) is 0.375. The Balaban J connectivity index is 0.994. The zero-order chi connectivity index (χ0) is 24.4. The quantitative estimate of drug-likeness (QED) is 0.412. The number of fused-ring (bicyclic) bond motifs is 2. The molecule has 7 rings (SSSR count). The molecule has 3 fully saturated rings. The number of hydrogen-bond acceptors (Lipinski definition) is 6. The van der Waals surface area contributed by atoms with Crippen LogP contribution in [0, 0.1) is 5.82 Å². The van der Waals surface area contributed by atoms with Crippen molar-refractivity contribution in [3.05, 3.63) is 52.9 Å². The van der Waals surface area contributed by atoms with Crippen molar-refractivity contribution < 1.29 is 28.6 Å². The van der Waals surface area contributed by atoms with Crippen LogP contribution in [0.3, 0.4) is 0 Å². The molecule has 0 radical (unpaired) electrons. The van der Waals surface area contributed by atoms with Crippen LogP contribution in [0.2, 0.25) is 5.02 Å². The Hall–Kier alpha value is -3.37. The van der Waals surface area contributed by atoms with Crippen molar-refractivity contribution in [2.75, 3.05) is 6.61 Å². The molecular formula is C24H22ClFN4O5. The molecule has 1 aromatic heterocycles. The minimum Gasteiger partial charge on any atom is -0.484 e. The van der Waals surface area contributed by atoms with Crippen LogP contribution in [0.1, 0.15) is 37.4 Å². The fourth-order valence-electron chi connectivity index (χ4n) is 5.52. The largest absolute Gasteiger partial charge is 0.484 e. The molecule has 9 nitrogen and oxygen atoms in total. The summed E-state index contributed by atoms with van der Waals surface area (Å²) in [5.74, 6) is -0.409. The molecule has 2 bridgehead atoms. The third kappa shape index (κ3) is 3.86. The molecule has 2 atom stereocenters. The number of carbonyl (C=O) groups is 2. The second-order valence-electron chi connectivity index (χ2n) is 9.69. The Kier molecular flexibility index (Phi) is 4.94. The van der Waals surface area contributed by atoms with Gasteiger partial charge in [-0.3, -0.25) is 14.7 Å². The number of rotatable bonds is 6. The van der Waals surface area contributed by atoms with Gasteiger partial charge in [0.1, 0.15) is 17.3 Å². The van der Waals surface area contributed by atoms with E-state index in [1.54, 1.807) is 24.3 Å². The van der Waals surface area contributed by atoms with Gasteiger partial charge in [0.15, 0.2) is 12.7 Å². The lowest BCUT2D eigenvalue weighted by molar-refractivity contribution is -0.155. The first-order chi connectivity index (χ1) is 16.7. The van der Waals surface area contributed by atoms with Crippen LogP contribution < -0.4 is 20.1 Å². The number of aromatic nitrogens is 2. The Morgan fingerprint density at radius 2 is 2.00 bits per heavy atom.